The first-order chi connectivity index (χ1) is 9.49. The molecule has 1 amide bonds. The van der Waals surface area contributed by atoms with E-state index in [1.165, 1.54) is 0 Å². The van der Waals surface area contributed by atoms with E-state index in [1.807, 2.05) is 44.2 Å². The van der Waals surface area contributed by atoms with Crippen molar-refractivity contribution >= 4 is 27.5 Å². The van der Waals surface area contributed by atoms with E-state index in [4.69, 9.17) is 5.73 Å². The molecular formula is C16H17BrN2O. The third-order valence-corrected chi connectivity index (χ3v) is 3.98. The molecular weight excluding hydrogens is 316 g/mol. The van der Waals surface area contributed by atoms with Crippen LogP contribution in [0.15, 0.2) is 46.9 Å². The minimum Gasteiger partial charge on any atom is -0.398 e. The van der Waals surface area contributed by atoms with Gasteiger partial charge in [-0.25, -0.2) is 0 Å². The first kappa shape index (κ1) is 14.6. The molecule has 1 atom stereocenters. The van der Waals surface area contributed by atoms with Crippen molar-refractivity contribution in [1.29, 1.82) is 0 Å². The molecule has 0 aliphatic carbocycles. The third-order valence-electron chi connectivity index (χ3n) is 3.26. The molecule has 0 saturated heterocycles. The van der Waals surface area contributed by atoms with Crippen molar-refractivity contribution in [3.63, 3.8) is 0 Å². The number of nitrogens with two attached hydrogens (primary N) is 1. The van der Waals surface area contributed by atoms with Gasteiger partial charge in [0.25, 0.3) is 5.91 Å². The third kappa shape index (κ3) is 3.20. The van der Waals surface area contributed by atoms with Crippen LogP contribution >= 0.6 is 15.9 Å². The number of rotatable bonds is 3. The number of halogens is 1. The molecule has 104 valence electrons. The normalized spacial score (nSPS) is 11.9. The van der Waals surface area contributed by atoms with E-state index in [9.17, 15) is 4.79 Å². The summed E-state index contributed by atoms with van der Waals surface area (Å²) in [5, 5.41) is 2.98. The van der Waals surface area contributed by atoms with Crippen LogP contribution in [0.5, 0.6) is 0 Å². The molecule has 0 saturated carbocycles. The monoisotopic (exact) mass is 332 g/mol. The lowest BCUT2D eigenvalue weighted by Gasteiger charge is -2.16. The number of hydrogen-bond acceptors (Lipinski definition) is 2. The summed E-state index contributed by atoms with van der Waals surface area (Å²) < 4.78 is 0.983. The molecule has 4 heteroatoms. The standard InChI is InChI=1S/C16H17BrN2O/c1-10-7-8-12(9-15(10)18)16(20)19-11(2)13-5-3-4-6-14(13)17/h3-9,11H,18H2,1-2H3,(H,19,20)/t11-/m1/s1. The maximum absolute atomic E-state index is 12.2. The van der Waals surface area contributed by atoms with E-state index >= 15 is 0 Å². The van der Waals surface area contributed by atoms with Gasteiger partial charge in [-0.15, -0.1) is 0 Å². The quantitative estimate of drug-likeness (QED) is 0.839. The van der Waals surface area contributed by atoms with Crippen LogP contribution in [0.3, 0.4) is 0 Å². The summed E-state index contributed by atoms with van der Waals surface area (Å²) in [5.74, 6) is -0.125. The van der Waals surface area contributed by atoms with Gasteiger partial charge in [0.15, 0.2) is 0 Å². The fourth-order valence-corrected chi connectivity index (χ4v) is 2.59. The second kappa shape index (κ2) is 6.09. The Labute approximate surface area is 127 Å². The maximum Gasteiger partial charge on any atom is 0.251 e. The van der Waals surface area contributed by atoms with Gasteiger partial charge in [0.05, 0.1) is 6.04 Å². The zero-order chi connectivity index (χ0) is 14.7. The molecule has 0 radical (unpaired) electrons. The van der Waals surface area contributed by atoms with Crippen LogP contribution in [0.1, 0.15) is 34.5 Å². The molecule has 3 nitrogen and oxygen atoms in total. The van der Waals surface area contributed by atoms with Gasteiger partial charge in [0.2, 0.25) is 0 Å². The summed E-state index contributed by atoms with van der Waals surface area (Å²) in [7, 11) is 0. The molecule has 2 aromatic rings. The number of carbonyl (C=O) groups excluding carboxylic acids is 1. The molecule has 3 N–H and O–H groups in total. The number of aryl methyl sites for hydroxylation is 1. The average Bonchev–Trinajstić information content (AvgIpc) is 2.42. The highest BCUT2D eigenvalue weighted by atomic mass is 79.9. The van der Waals surface area contributed by atoms with Gasteiger partial charge in [-0.2, -0.15) is 0 Å². The Bertz CT molecular complexity index is 640. The van der Waals surface area contributed by atoms with Crippen molar-refractivity contribution in [2.24, 2.45) is 0 Å². The summed E-state index contributed by atoms with van der Waals surface area (Å²) in [6.07, 6.45) is 0. The van der Waals surface area contributed by atoms with E-state index < -0.39 is 0 Å². The molecule has 0 heterocycles. The molecule has 0 unspecified atom stereocenters. The van der Waals surface area contributed by atoms with Gasteiger partial charge in [0.1, 0.15) is 0 Å². The molecule has 0 aliphatic heterocycles. The van der Waals surface area contributed by atoms with Crippen LogP contribution in [0, 0.1) is 6.92 Å². The van der Waals surface area contributed by atoms with Crippen LogP contribution in [0.25, 0.3) is 0 Å². The smallest absolute Gasteiger partial charge is 0.251 e. The zero-order valence-corrected chi connectivity index (χ0v) is 13.1. The van der Waals surface area contributed by atoms with Crippen molar-refractivity contribution in [1.82, 2.24) is 5.32 Å². The number of benzene rings is 2. The van der Waals surface area contributed by atoms with Crippen LogP contribution in [0.4, 0.5) is 5.69 Å². The molecule has 2 rings (SSSR count). The Morgan fingerprint density at radius 2 is 1.95 bits per heavy atom. The van der Waals surface area contributed by atoms with Gasteiger partial charge < -0.3 is 11.1 Å². The molecule has 0 aromatic heterocycles. The number of nitrogen functional groups attached to an aromatic ring is 1. The van der Waals surface area contributed by atoms with Crippen molar-refractivity contribution in [2.45, 2.75) is 19.9 Å². The highest BCUT2D eigenvalue weighted by Crippen LogP contribution is 2.23. The topological polar surface area (TPSA) is 55.1 Å². The number of amides is 1. The lowest BCUT2D eigenvalue weighted by molar-refractivity contribution is 0.0940. The number of nitrogens with one attached hydrogen (secondary N) is 1. The molecule has 0 aliphatic rings. The number of carbonyl (C=O) groups is 1. The molecule has 0 bridgehead atoms. The zero-order valence-electron chi connectivity index (χ0n) is 11.5. The Hall–Kier alpha value is -1.81. The van der Waals surface area contributed by atoms with Gasteiger partial charge in [-0.3, -0.25) is 4.79 Å². The van der Waals surface area contributed by atoms with E-state index in [-0.39, 0.29) is 11.9 Å². The Morgan fingerprint density at radius 3 is 2.60 bits per heavy atom. The Balaban J connectivity index is 2.15. The van der Waals surface area contributed by atoms with Gasteiger partial charge in [-0.05, 0) is 43.2 Å². The number of hydrogen-bond donors (Lipinski definition) is 2. The van der Waals surface area contributed by atoms with E-state index in [1.54, 1.807) is 12.1 Å². The van der Waals surface area contributed by atoms with Crippen molar-refractivity contribution in [3.05, 3.63) is 63.6 Å². The largest absolute Gasteiger partial charge is 0.398 e. The number of anilines is 1. The molecule has 0 fully saturated rings. The second-order valence-corrected chi connectivity index (χ2v) is 5.64. The SMILES string of the molecule is Cc1ccc(C(=O)N[C@H](C)c2ccccc2Br)cc1N. The minimum atomic E-state index is -0.125. The van der Waals surface area contributed by atoms with Crippen LogP contribution in [-0.2, 0) is 0 Å². The minimum absolute atomic E-state index is 0.0828. The fourth-order valence-electron chi connectivity index (χ4n) is 1.97. The van der Waals surface area contributed by atoms with Crippen LogP contribution in [-0.4, -0.2) is 5.91 Å². The van der Waals surface area contributed by atoms with Gasteiger partial charge >= 0.3 is 0 Å². The lowest BCUT2D eigenvalue weighted by atomic mass is 10.1. The first-order valence-corrected chi connectivity index (χ1v) is 7.19. The fraction of sp³-hybridized carbons (Fsp3) is 0.188. The van der Waals surface area contributed by atoms with Crippen LogP contribution in [0.2, 0.25) is 0 Å². The summed E-state index contributed by atoms with van der Waals surface area (Å²) in [6, 6.07) is 13.1. The summed E-state index contributed by atoms with van der Waals surface area (Å²) >= 11 is 3.49. The summed E-state index contributed by atoms with van der Waals surface area (Å²) in [6.45, 7) is 3.87. The van der Waals surface area contributed by atoms with E-state index in [0.717, 1.165) is 15.6 Å². The highest BCUT2D eigenvalue weighted by molar-refractivity contribution is 9.10. The summed E-state index contributed by atoms with van der Waals surface area (Å²) in [5.41, 5.74) is 9.06. The Morgan fingerprint density at radius 1 is 1.25 bits per heavy atom. The average molecular weight is 333 g/mol. The van der Waals surface area contributed by atoms with E-state index in [0.29, 0.717) is 11.3 Å². The van der Waals surface area contributed by atoms with Crippen molar-refractivity contribution in [2.75, 3.05) is 5.73 Å². The maximum atomic E-state index is 12.2. The molecule has 0 spiro atoms. The predicted octanol–water partition coefficient (Wildman–Crippen LogP) is 3.83. The lowest BCUT2D eigenvalue weighted by Crippen LogP contribution is -2.27. The predicted molar refractivity (Wildman–Crippen MR) is 85.6 cm³/mol. The summed E-state index contributed by atoms with van der Waals surface area (Å²) in [4.78, 5) is 12.2. The van der Waals surface area contributed by atoms with E-state index in [2.05, 4.69) is 21.2 Å². The van der Waals surface area contributed by atoms with Gasteiger partial charge in [0, 0.05) is 15.7 Å². The van der Waals surface area contributed by atoms with Crippen molar-refractivity contribution in [3.8, 4) is 0 Å². The van der Waals surface area contributed by atoms with Gasteiger partial charge in [-0.1, -0.05) is 40.2 Å². The molecule has 20 heavy (non-hydrogen) atoms. The van der Waals surface area contributed by atoms with Crippen LogP contribution < -0.4 is 11.1 Å². The second-order valence-electron chi connectivity index (χ2n) is 4.79. The van der Waals surface area contributed by atoms with Crippen molar-refractivity contribution < 1.29 is 4.79 Å². The molecule has 2 aromatic carbocycles. The Kier molecular flexibility index (Phi) is 4.45. The first-order valence-electron chi connectivity index (χ1n) is 6.40. The highest BCUT2D eigenvalue weighted by Gasteiger charge is 2.13.